The van der Waals surface area contributed by atoms with Crippen molar-refractivity contribution < 1.29 is 9.59 Å². The van der Waals surface area contributed by atoms with Gasteiger partial charge in [0.05, 0.1) is 18.5 Å². The highest BCUT2D eigenvalue weighted by Crippen LogP contribution is 2.33. The molecule has 0 fully saturated rings. The highest BCUT2D eigenvalue weighted by atomic mass is 32.2. The highest BCUT2D eigenvalue weighted by molar-refractivity contribution is 8.04. The van der Waals surface area contributed by atoms with Gasteiger partial charge in [0.2, 0.25) is 0 Å². The average Bonchev–Trinajstić information content (AvgIpc) is 2.72. The number of Topliss-reactive ketones (excluding diaryl/α,β-unsaturated/α-hetero) is 1. The smallest absolute Gasteiger partial charge is 0.255 e. The quantitative estimate of drug-likeness (QED) is 0.787. The van der Waals surface area contributed by atoms with Gasteiger partial charge in [-0.1, -0.05) is 30.3 Å². The predicted molar refractivity (Wildman–Crippen MR) is 94.1 cm³/mol. The number of hydrogen-bond donors (Lipinski definition) is 0. The molecule has 0 spiro atoms. The average molecular weight is 344 g/mol. The second-order valence-electron chi connectivity index (χ2n) is 6.41. The Labute approximate surface area is 146 Å². The molecule has 1 aliphatic rings. The zero-order valence-electron chi connectivity index (χ0n) is 14.0. The highest BCUT2D eigenvalue weighted by Gasteiger charge is 2.38. The molecular weight excluding hydrogens is 324 g/mol. The molecule has 0 aliphatic carbocycles. The van der Waals surface area contributed by atoms with Crippen LogP contribution in [0.4, 0.5) is 0 Å². The van der Waals surface area contributed by atoms with Gasteiger partial charge in [-0.15, -0.1) is 0 Å². The summed E-state index contributed by atoms with van der Waals surface area (Å²) in [4.78, 5) is 26.6. The Hall–Kier alpha value is -2.17. The van der Waals surface area contributed by atoms with Gasteiger partial charge in [-0.3, -0.25) is 14.5 Å². The summed E-state index contributed by atoms with van der Waals surface area (Å²) in [5.41, 5.74) is 0.514. The number of amides is 1. The zero-order valence-corrected chi connectivity index (χ0v) is 14.8. The van der Waals surface area contributed by atoms with Crippen molar-refractivity contribution in [3.8, 4) is 5.40 Å². The van der Waals surface area contributed by atoms with Gasteiger partial charge in [-0.25, -0.2) is 5.01 Å². The molecule has 1 aliphatic heterocycles. The maximum Gasteiger partial charge on any atom is 0.255 e. The van der Waals surface area contributed by atoms with Crippen LogP contribution >= 0.6 is 11.8 Å². The molecule has 0 saturated heterocycles. The third kappa shape index (κ3) is 4.22. The van der Waals surface area contributed by atoms with Crippen LogP contribution in [0, 0.1) is 10.7 Å². The maximum absolute atomic E-state index is 12.6. The molecule has 7 heteroatoms. The Balaban J connectivity index is 2.50. The molecule has 0 aromatic heterocycles. The van der Waals surface area contributed by atoms with E-state index in [0.717, 1.165) is 17.3 Å². The van der Waals surface area contributed by atoms with Crippen molar-refractivity contribution in [1.82, 2.24) is 9.91 Å². The fourth-order valence-electron chi connectivity index (χ4n) is 2.53. The number of rotatable bonds is 3. The first-order chi connectivity index (χ1) is 11.3. The first-order valence-electron chi connectivity index (χ1n) is 7.56. The molecular formula is C17H20N4O2S. The number of thiocyanates is 1. The molecule has 1 amide bonds. The van der Waals surface area contributed by atoms with Crippen LogP contribution in [0.3, 0.4) is 0 Å². The second-order valence-corrected chi connectivity index (χ2v) is 7.17. The standard InChI is InChI=1S/C17H20N4O2S/c1-17(2,3)20-10-14(22)9-19-21(15(23)11-24-12-18)16(20)13-7-5-4-6-8-13/h4-9,16H,10-11H2,1-3H3. The third-order valence-corrected chi connectivity index (χ3v) is 4.17. The van der Waals surface area contributed by atoms with Gasteiger partial charge in [0.1, 0.15) is 11.6 Å². The molecule has 126 valence electrons. The van der Waals surface area contributed by atoms with Gasteiger partial charge in [-0.2, -0.15) is 10.4 Å². The van der Waals surface area contributed by atoms with E-state index in [9.17, 15) is 9.59 Å². The van der Waals surface area contributed by atoms with Crippen LogP contribution in [0.5, 0.6) is 0 Å². The van der Waals surface area contributed by atoms with Gasteiger partial charge in [0.15, 0.2) is 5.78 Å². The monoisotopic (exact) mass is 344 g/mol. The lowest BCUT2D eigenvalue weighted by atomic mass is 10.0. The van der Waals surface area contributed by atoms with Gasteiger partial charge in [0, 0.05) is 5.54 Å². The van der Waals surface area contributed by atoms with Crippen LogP contribution in [0.1, 0.15) is 32.5 Å². The first-order valence-corrected chi connectivity index (χ1v) is 8.54. The van der Waals surface area contributed by atoms with Gasteiger partial charge < -0.3 is 0 Å². The molecule has 0 bridgehead atoms. The van der Waals surface area contributed by atoms with E-state index in [4.69, 9.17) is 5.26 Å². The Bertz CT molecular complexity index is 676. The van der Waals surface area contributed by atoms with E-state index in [1.54, 1.807) is 0 Å². The molecule has 1 heterocycles. The summed E-state index contributed by atoms with van der Waals surface area (Å²) in [6.45, 7) is 6.15. The van der Waals surface area contributed by atoms with E-state index in [2.05, 4.69) is 5.10 Å². The second kappa shape index (κ2) is 7.60. The minimum Gasteiger partial charge on any atom is -0.292 e. The molecule has 0 N–H and O–H groups in total. The minimum atomic E-state index is -0.499. The maximum atomic E-state index is 12.6. The number of nitrogens with zero attached hydrogens (tertiary/aromatic N) is 4. The Morgan fingerprint density at radius 2 is 2.04 bits per heavy atom. The lowest BCUT2D eigenvalue weighted by molar-refractivity contribution is -0.138. The van der Waals surface area contributed by atoms with Crippen LogP contribution in [0.25, 0.3) is 0 Å². The normalized spacial score (nSPS) is 19.0. The molecule has 6 nitrogen and oxygen atoms in total. The molecule has 1 atom stereocenters. The number of hydrazone groups is 1. The van der Waals surface area contributed by atoms with Crippen molar-refractivity contribution in [2.45, 2.75) is 32.5 Å². The van der Waals surface area contributed by atoms with Crippen molar-refractivity contribution in [2.75, 3.05) is 12.3 Å². The molecule has 1 aromatic carbocycles. The number of thioether (sulfide) groups is 1. The minimum absolute atomic E-state index is 0.0106. The van der Waals surface area contributed by atoms with Crippen molar-refractivity contribution in [2.24, 2.45) is 5.10 Å². The first kappa shape index (κ1) is 18.2. The van der Waals surface area contributed by atoms with Crippen molar-refractivity contribution in [3.05, 3.63) is 35.9 Å². The number of carbonyl (C=O) groups is 2. The van der Waals surface area contributed by atoms with Crippen molar-refractivity contribution >= 4 is 29.7 Å². The molecule has 1 unspecified atom stereocenters. The summed E-state index contributed by atoms with van der Waals surface area (Å²) in [6.07, 6.45) is 0.692. The summed E-state index contributed by atoms with van der Waals surface area (Å²) in [6, 6.07) is 9.49. The molecule has 24 heavy (non-hydrogen) atoms. The van der Waals surface area contributed by atoms with E-state index in [-0.39, 0.29) is 29.5 Å². The van der Waals surface area contributed by atoms with E-state index in [0.29, 0.717) is 0 Å². The largest absolute Gasteiger partial charge is 0.292 e. The lowest BCUT2D eigenvalue weighted by Gasteiger charge is -2.43. The van der Waals surface area contributed by atoms with Crippen LogP contribution in [-0.4, -0.2) is 45.7 Å². The predicted octanol–water partition coefficient (Wildman–Crippen LogP) is 2.40. The number of carbonyl (C=O) groups excluding carboxylic acids is 2. The third-order valence-electron chi connectivity index (χ3n) is 3.65. The van der Waals surface area contributed by atoms with Gasteiger partial charge in [0.25, 0.3) is 5.91 Å². The Kier molecular flexibility index (Phi) is 5.75. The zero-order chi connectivity index (χ0) is 17.7. The summed E-state index contributed by atoms with van der Waals surface area (Å²) in [5.74, 6) is -0.478. The Morgan fingerprint density at radius 3 is 2.62 bits per heavy atom. The summed E-state index contributed by atoms with van der Waals surface area (Å²) < 4.78 is 0. The molecule has 2 rings (SSSR count). The van der Waals surface area contributed by atoms with Crippen LogP contribution in [0.2, 0.25) is 0 Å². The molecule has 1 aromatic rings. The summed E-state index contributed by atoms with van der Waals surface area (Å²) in [7, 11) is 0. The van der Waals surface area contributed by atoms with Crippen LogP contribution in [0.15, 0.2) is 35.4 Å². The Morgan fingerprint density at radius 1 is 1.38 bits per heavy atom. The van der Waals surface area contributed by atoms with Gasteiger partial charge in [-0.05, 0) is 38.1 Å². The SMILES string of the molecule is CC(C)(C)N1CC(=O)C=NN(C(=O)CSC#N)C1c1ccccc1. The van der Waals surface area contributed by atoms with Crippen molar-refractivity contribution in [3.63, 3.8) is 0 Å². The van der Waals surface area contributed by atoms with Crippen LogP contribution in [-0.2, 0) is 9.59 Å². The topological polar surface area (TPSA) is 76.8 Å². The fourth-order valence-corrected chi connectivity index (χ4v) is 2.85. The summed E-state index contributed by atoms with van der Waals surface area (Å²) >= 11 is 0.860. The number of benzene rings is 1. The van der Waals surface area contributed by atoms with Gasteiger partial charge >= 0.3 is 0 Å². The van der Waals surface area contributed by atoms with E-state index < -0.39 is 6.17 Å². The van der Waals surface area contributed by atoms with E-state index >= 15 is 0 Å². The number of ketones is 1. The molecule has 0 radical (unpaired) electrons. The number of nitriles is 1. The van der Waals surface area contributed by atoms with E-state index in [1.165, 1.54) is 11.2 Å². The van der Waals surface area contributed by atoms with E-state index in [1.807, 2.05) is 61.4 Å². The lowest BCUT2D eigenvalue weighted by Crippen LogP contribution is -2.51. The fraction of sp³-hybridized carbons (Fsp3) is 0.412. The van der Waals surface area contributed by atoms with Crippen molar-refractivity contribution in [1.29, 1.82) is 5.26 Å². The molecule has 0 saturated carbocycles. The van der Waals surface area contributed by atoms with Crippen LogP contribution < -0.4 is 0 Å². The summed E-state index contributed by atoms with van der Waals surface area (Å²) in [5, 5.41) is 16.0. The number of hydrogen-bond acceptors (Lipinski definition) is 6.